The molecule has 0 aliphatic carbocycles. The van der Waals surface area contributed by atoms with Crippen molar-refractivity contribution in [3.8, 4) is 12.1 Å². The van der Waals surface area contributed by atoms with E-state index in [1.165, 1.54) is 4.90 Å². The van der Waals surface area contributed by atoms with Crippen molar-refractivity contribution in [1.82, 2.24) is 19.8 Å². The second kappa shape index (κ2) is 13.3. The molecule has 0 N–H and O–H groups in total. The molecule has 3 aromatic rings. The summed E-state index contributed by atoms with van der Waals surface area (Å²) in [5.74, 6) is -1.31. The Hall–Kier alpha value is -3.74. The Labute approximate surface area is 272 Å². The van der Waals surface area contributed by atoms with Gasteiger partial charge in [0.1, 0.15) is 12.0 Å². The van der Waals surface area contributed by atoms with Crippen molar-refractivity contribution in [2.24, 2.45) is 0 Å². The van der Waals surface area contributed by atoms with Gasteiger partial charge in [0.15, 0.2) is 5.83 Å². The van der Waals surface area contributed by atoms with E-state index >= 15 is 0 Å². The van der Waals surface area contributed by atoms with Crippen LogP contribution in [0.5, 0.6) is 6.01 Å². The second-order valence-electron chi connectivity index (χ2n) is 11.4. The summed E-state index contributed by atoms with van der Waals surface area (Å²) in [6.45, 7) is 5.24. The molecule has 2 aromatic carbocycles. The third-order valence-electron chi connectivity index (χ3n) is 8.55. The molecule has 1 unspecified atom stereocenters. The summed E-state index contributed by atoms with van der Waals surface area (Å²) >= 11 is 6.44. The summed E-state index contributed by atoms with van der Waals surface area (Å²) in [5.41, 5.74) is 3.51. The fourth-order valence-corrected chi connectivity index (χ4v) is 8.06. The van der Waals surface area contributed by atoms with Gasteiger partial charge in [-0.2, -0.15) is 15.2 Å². The fourth-order valence-electron chi connectivity index (χ4n) is 6.34. The molecule has 4 heterocycles. The van der Waals surface area contributed by atoms with Crippen LogP contribution in [-0.4, -0.2) is 90.7 Å². The first kappa shape index (κ1) is 31.3. The largest absolute Gasteiger partial charge is 0.481 e. The van der Waals surface area contributed by atoms with Gasteiger partial charge >= 0.3 is 6.01 Å². The van der Waals surface area contributed by atoms with Crippen LogP contribution < -0.4 is 14.5 Å². The number of nitrogens with zero attached hydrogens (tertiary/aromatic N) is 7. The standard InChI is InChI=1S/C27H23ClFN6O2.C5H9FN.Al/c1-17(29)26(36)35-14-13-34(15-19(35)9-11-30)25-20-10-12-33(16-22(20)31-27(32-25)37-2)23-8-4-6-18-5-3-7-21(28)24(18)23;1-7-3-2-5(6)4-7;/h3-8,15H,1-2,9-10,12-14,16H2;3,5H,2,4H2,1H3;/t;5-;/m.1./s1. The maximum absolute atomic E-state index is 13.9. The summed E-state index contributed by atoms with van der Waals surface area (Å²) in [5, 5.41) is 12.2. The van der Waals surface area contributed by atoms with E-state index in [1.807, 2.05) is 47.2 Å². The molecule has 1 amide bonds. The molecule has 0 saturated carbocycles. The summed E-state index contributed by atoms with van der Waals surface area (Å²) in [7, 11) is 1.94. The van der Waals surface area contributed by atoms with E-state index in [0.29, 0.717) is 61.0 Å². The normalized spacial score (nSPS) is 20.1. The Morgan fingerprint density at radius 2 is 2.02 bits per heavy atom. The average Bonchev–Trinajstić information content (AvgIpc) is 3.36. The molecule has 231 valence electrons. The first-order valence-electron chi connectivity index (χ1n) is 14.9. The molecule has 1 radical (unpaired) electrons. The van der Waals surface area contributed by atoms with Gasteiger partial charge in [-0.15, -0.1) is 0 Å². The molecule has 1 aromatic heterocycles. The number of ether oxygens (including phenoxy) is 1. The number of fused-ring (bicyclic) bond motifs is 2. The molecule has 1 saturated heterocycles. The van der Waals surface area contributed by atoms with Crippen LogP contribution in [-0.2, 0) is 17.8 Å². The highest BCUT2D eigenvalue weighted by Crippen LogP contribution is 2.37. The van der Waals surface area contributed by atoms with E-state index in [4.69, 9.17) is 26.3 Å². The molecule has 9 nitrogen and oxygen atoms in total. The highest BCUT2D eigenvalue weighted by molar-refractivity contribution is 6.37. The number of alkyl halides is 1. The van der Waals surface area contributed by atoms with Crippen LogP contribution in [0.3, 0.4) is 0 Å². The zero-order valence-electron chi connectivity index (χ0n) is 24.9. The van der Waals surface area contributed by atoms with Crippen molar-refractivity contribution in [2.75, 3.05) is 48.5 Å². The molecule has 6 rings (SSSR count). The molecule has 45 heavy (non-hydrogen) atoms. The average molecular weight is 647 g/mol. The van der Waals surface area contributed by atoms with Gasteiger partial charge < -0.3 is 24.3 Å². The molecule has 0 spiro atoms. The number of likely N-dealkylation sites (tertiary alicyclic amines) is 1. The van der Waals surface area contributed by atoms with E-state index in [9.17, 15) is 18.8 Å². The molecular formula is C32H32AlClF2N7O2. The molecule has 13 heteroatoms. The van der Waals surface area contributed by atoms with Crippen molar-refractivity contribution >= 4 is 55.0 Å². The topological polar surface area (TPSA) is 88.8 Å². The Morgan fingerprint density at radius 1 is 1.22 bits per heavy atom. The number of halogens is 3. The summed E-state index contributed by atoms with van der Waals surface area (Å²) in [4.78, 5) is 29.7. The maximum atomic E-state index is 13.9. The van der Waals surface area contributed by atoms with Crippen LogP contribution in [0.25, 0.3) is 10.8 Å². The summed E-state index contributed by atoms with van der Waals surface area (Å²) in [6.07, 6.45) is 1.91. The lowest BCUT2D eigenvalue weighted by Crippen LogP contribution is -2.43. The number of nitriles is 1. The first-order valence-corrected chi connectivity index (χ1v) is 16.7. The Morgan fingerprint density at radius 3 is 2.76 bits per heavy atom. The van der Waals surface area contributed by atoms with Crippen molar-refractivity contribution in [2.45, 2.75) is 36.9 Å². The highest BCUT2D eigenvalue weighted by Gasteiger charge is 2.32. The predicted octanol–water partition coefficient (Wildman–Crippen LogP) is 4.77. The maximum Gasteiger partial charge on any atom is 0.317 e. The monoisotopic (exact) mass is 646 g/mol. The molecule has 0 bridgehead atoms. The number of carbonyl (C=O) groups is 1. The Balaban J connectivity index is 1.34. The smallest absolute Gasteiger partial charge is 0.317 e. The zero-order valence-corrected chi connectivity index (χ0v) is 26.8. The third kappa shape index (κ3) is 6.50. The van der Waals surface area contributed by atoms with Crippen molar-refractivity contribution < 1.29 is 18.3 Å². The van der Waals surface area contributed by atoms with Crippen LogP contribution in [0.2, 0.25) is 5.02 Å². The zero-order chi connectivity index (χ0) is 31.7. The van der Waals surface area contributed by atoms with E-state index in [1.54, 1.807) is 6.20 Å². The van der Waals surface area contributed by atoms with Crippen LogP contribution >= 0.6 is 11.6 Å². The number of carbonyl (C=O) groups excluding carboxylic acids is 1. The van der Waals surface area contributed by atoms with Crippen molar-refractivity contribution in [3.05, 3.63) is 77.0 Å². The van der Waals surface area contributed by atoms with Gasteiger partial charge in [-0.1, -0.05) is 42.4 Å². The van der Waals surface area contributed by atoms with Crippen LogP contribution in [0.1, 0.15) is 24.1 Å². The number of aromatic nitrogens is 2. The minimum absolute atomic E-state index is 0.0877. The lowest BCUT2D eigenvalue weighted by Gasteiger charge is -2.36. The van der Waals surface area contributed by atoms with E-state index in [-0.39, 0.29) is 39.1 Å². The number of benzene rings is 2. The van der Waals surface area contributed by atoms with Crippen molar-refractivity contribution in [1.29, 1.82) is 5.26 Å². The number of rotatable bonds is 8. The number of amides is 1. The third-order valence-corrected chi connectivity index (χ3v) is 10.6. The summed E-state index contributed by atoms with van der Waals surface area (Å²) < 4.78 is 33.9. The van der Waals surface area contributed by atoms with E-state index in [0.717, 1.165) is 27.7 Å². The van der Waals surface area contributed by atoms with Crippen molar-refractivity contribution in [3.63, 3.8) is 0 Å². The quantitative estimate of drug-likeness (QED) is 0.256. The highest BCUT2D eigenvalue weighted by atomic mass is 35.5. The van der Waals surface area contributed by atoms with Crippen LogP contribution in [0, 0.1) is 11.3 Å². The number of hydrogen-bond donors (Lipinski definition) is 0. The minimum atomic E-state index is -1.08. The van der Waals surface area contributed by atoms with Gasteiger partial charge in [0.25, 0.3) is 21.1 Å². The van der Waals surface area contributed by atoms with Gasteiger partial charge in [0, 0.05) is 54.5 Å². The van der Waals surface area contributed by atoms with Crippen LogP contribution in [0.15, 0.2) is 60.7 Å². The summed E-state index contributed by atoms with van der Waals surface area (Å²) in [6, 6.07) is 14.3. The van der Waals surface area contributed by atoms with Gasteiger partial charge in [-0.05, 0) is 42.3 Å². The molecule has 3 aliphatic heterocycles. The van der Waals surface area contributed by atoms with Gasteiger partial charge in [-0.25, -0.2) is 8.78 Å². The Kier molecular flexibility index (Phi) is 9.25. The second-order valence-corrected chi connectivity index (χ2v) is 13.4. The first-order chi connectivity index (χ1) is 21.7. The SMILES string of the molecule is C=C(F)C(=O)N1CCN(c2nc(O[CH2][Al][CH]3C[C@@H](F)CN3C)nc3c2CCN(c2cccc4cccc(Cl)c24)C3)C=C1CC#N. The van der Waals surface area contributed by atoms with E-state index < -0.39 is 17.9 Å². The van der Waals surface area contributed by atoms with E-state index in [2.05, 4.69) is 23.6 Å². The Bertz CT molecular complexity index is 1710. The van der Waals surface area contributed by atoms with Gasteiger partial charge in [-0.3, -0.25) is 4.79 Å². The molecule has 2 atom stereocenters. The number of anilines is 2. The lowest BCUT2D eigenvalue weighted by atomic mass is 10.0. The molecule has 3 aliphatic rings. The van der Waals surface area contributed by atoms with Gasteiger partial charge in [0.2, 0.25) is 0 Å². The lowest BCUT2D eigenvalue weighted by molar-refractivity contribution is -0.126. The van der Waals surface area contributed by atoms with Crippen LogP contribution in [0.4, 0.5) is 20.3 Å². The number of allylic oxidation sites excluding steroid dienone is 1. The predicted molar refractivity (Wildman–Crippen MR) is 171 cm³/mol. The van der Waals surface area contributed by atoms with Gasteiger partial charge in [0.05, 0.1) is 35.4 Å². The fraction of sp³-hybridized carbons (Fsp3) is 0.375. The number of hydrogen-bond acceptors (Lipinski definition) is 8. The molecule has 1 fully saturated rings. The molecular weight excluding hydrogens is 615 g/mol. The minimum Gasteiger partial charge on any atom is -0.481 e.